The third kappa shape index (κ3) is 5.34. The molecule has 1 aliphatic rings. The van der Waals surface area contributed by atoms with E-state index in [1.807, 2.05) is 67.6 Å². The number of piperazine rings is 1. The van der Waals surface area contributed by atoms with Crippen LogP contribution in [0.2, 0.25) is 0 Å². The molecule has 0 bridgehead atoms. The molecular weight excluding hydrogens is 418 g/mol. The van der Waals surface area contributed by atoms with Gasteiger partial charge < -0.3 is 10.2 Å². The van der Waals surface area contributed by atoms with Gasteiger partial charge in [-0.05, 0) is 62.1 Å². The van der Waals surface area contributed by atoms with Gasteiger partial charge in [-0.1, -0.05) is 72.8 Å². The number of amides is 1. The highest BCUT2D eigenvalue weighted by Gasteiger charge is 2.36. The lowest BCUT2D eigenvalue weighted by Gasteiger charge is -2.37. The number of nitrogens with one attached hydrogen (secondary N) is 1. The number of nitrogens with zero attached hydrogens (tertiary/aromatic N) is 2. The van der Waals surface area contributed by atoms with Crippen molar-refractivity contribution < 1.29 is 4.79 Å². The minimum atomic E-state index is -0.709. The van der Waals surface area contributed by atoms with Crippen molar-refractivity contribution in [2.24, 2.45) is 0 Å². The Labute approximate surface area is 204 Å². The summed E-state index contributed by atoms with van der Waals surface area (Å²) >= 11 is 0. The quantitative estimate of drug-likeness (QED) is 0.489. The zero-order valence-electron chi connectivity index (χ0n) is 20.8. The molecule has 4 nitrogen and oxygen atoms in total. The summed E-state index contributed by atoms with van der Waals surface area (Å²) in [5.74, 6) is 0.0599. The lowest BCUT2D eigenvalue weighted by atomic mass is 9.75. The highest BCUT2D eigenvalue weighted by atomic mass is 16.2. The first-order valence-corrected chi connectivity index (χ1v) is 12.4. The van der Waals surface area contributed by atoms with Gasteiger partial charge in [0.1, 0.15) is 0 Å². The average Bonchev–Trinajstić information content (AvgIpc) is 2.89. The van der Waals surface area contributed by atoms with E-state index in [0.717, 1.165) is 50.3 Å². The van der Waals surface area contributed by atoms with Crippen LogP contribution in [0.1, 0.15) is 35.6 Å². The fraction of sp³-hybridized carbons (Fsp3) is 0.367. The number of benzene rings is 3. The largest absolute Gasteiger partial charge is 0.369 e. The molecule has 0 saturated carbocycles. The Balaban J connectivity index is 1.29. The first-order valence-electron chi connectivity index (χ1n) is 12.4. The number of rotatable bonds is 8. The number of aryl methyl sites for hydroxylation is 2. The Morgan fingerprint density at radius 3 is 2.03 bits per heavy atom. The van der Waals surface area contributed by atoms with Gasteiger partial charge in [-0.3, -0.25) is 9.69 Å². The van der Waals surface area contributed by atoms with E-state index in [2.05, 4.69) is 47.2 Å². The van der Waals surface area contributed by atoms with E-state index in [0.29, 0.717) is 6.54 Å². The summed E-state index contributed by atoms with van der Waals surface area (Å²) in [6, 6.07) is 26.9. The Morgan fingerprint density at radius 2 is 1.44 bits per heavy atom. The van der Waals surface area contributed by atoms with Gasteiger partial charge in [0, 0.05) is 38.4 Å². The summed E-state index contributed by atoms with van der Waals surface area (Å²) in [7, 11) is 0. The van der Waals surface area contributed by atoms with Crippen LogP contribution in [0.25, 0.3) is 0 Å². The van der Waals surface area contributed by atoms with Gasteiger partial charge >= 0.3 is 0 Å². The SMILES string of the molecule is Cc1ccc(C)c(N2CCN(CCCNC(=O)C(C)(c3ccccc3)c3ccccc3)CC2)c1. The molecule has 4 heteroatoms. The van der Waals surface area contributed by atoms with E-state index >= 15 is 0 Å². The molecule has 1 saturated heterocycles. The van der Waals surface area contributed by atoms with E-state index in [1.165, 1.54) is 16.8 Å². The Morgan fingerprint density at radius 1 is 0.853 bits per heavy atom. The van der Waals surface area contributed by atoms with Crippen molar-refractivity contribution in [3.63, 3.8) is 0 Å². The molecule has 4 rings (SSSR count). The second-order valence-electron chi connectivity index (χ2n) is 9.59. The summed E-state index contributed by atoms with van der Waals surface area (Å²) in [6.45, 7) is 12.3. The van der Waals surface area contributed by atoms with Gasteiger partial charge in [0.15, 0.2) is 0 Å². The first-order chi connectivity index (χ1) is 16.5. The molecule has 34 heavy (non-hydrogen) atoms. The molecule has 1 fully saturated rings. The Bertz CT molecular complexity index is 1030. The van der Waals surface area contributed by atoms with Crippen LogP contribution in [0.4, 0.5) is 5.69 Å². The van der Waals surface area contributed by atoms with E-state index in [1.54, 1.807) is 0 Å². The maximum atomic E-state index is 13.4. The molecular formula is C30H37N3O. The Hall–Kier alpha value is -3.11. The molecule has 0 spiro atoms. The van der Waals surface area contributed by atoms with E-state index < -0.39 is 5.41 Å². The van der Waals surface area contributed by atoms with Crippen molar-refractivity contribution in [2.75, 3.05) is 44.2 Å². The summed E-state index contributed by atoms with van der Waals surface area (Å²) in [5, 5.41) is 3.23. The van der Waals surface area contributed by atoms with Crippen molar-refractivity contribution in [1.82, 2.24) is 10.2 Å². The smallest absolute Gasteiger partial charge is 0.234 e. The molecule has 0 radical (unpaired) electrons. The number of anilines is 1. The second kappa shape index (κ2) is 10.9. The summed E-state index contributed by atoms with van der Waals surface area (Å²) < 4.78 is 0. The van der Waals surface area contributed by atoms with E-state index in [4.69, 9.17) is 0 Å². The van der Waals surface area contributed by atoms with Crippen molar-refractivity contribution >= 4 is 11.6 Å². The first kappa shape index (κ1) is 24.0. The van der Waals surface area contributed by atoms with Gasteiger partial charge in [-0.15, -0.1) is 0 Å². The lowest BCUT2D eigenvalue weighted by molar-refractivity contribution is -0.124. The van der Waals surface area contributed by atoms with E-state index in [9.17, 15) is 4.79 Å². The van der Waals surface area contributed by atoms with Crippen LogP contribution in [-0.4, -0.2) is 50.1 Å². The highest BCUT2D eigenvalue weighted by molar-refractivity contribution is 5.91. The average molecular weight is 456 g/mol. The summed E-state index contributed by atoms with van der Waals surface area (Å²) in [6.07, 6.45) is 0.953. The monoisotopic (exact) mass is 455 g/mol. The molecule has 1 amide bonds. The minimum absolute atomic E-state index is 0.0599. The molecule has 1 N–H and O–H groups in total. The fourth-order valence-corrected chi connectivity index (χ4v) is 4.93. The third-order valence-electron chi connectivity index (χ3n) is 7.17. The number of hydrogen-bond acceptors (Lipinski definition) is 3. The molecule has 178 valence electrons. The molecule has 1 aliphatic heterocycles. The van der Waals surface area contributed by atoms with Crippen molar-refractivity contribution in [1.29, 1.82) is 0 Å². The normalized spacial score (nSPS) is 14.7. The highest BCUT2D eigenvalue weighted by Crippen LogP contribution is 2.32. The second-order valence-corrected chi connectivity index (χ2v) is 9.59. The zero-order chi connectivity index (χ0) is 24.0. The van der Waals surface area contributed by atoms with Crippen LogP contribution in [0.15, 0.2) is 78.9 Å². The van der Waals surface area contributed by atoms with Crippen LogP contribution in [0, 0.1) is 13.8 Å². The van der Waals surface area contributed by atoms with Crippen molar-refractivity contribution in [3.05, 3.63) is 101 Å². The molecule has 0 aromatic heterocycles. The van der Waals surface area contributed by atoms with Gasteiger partial charge in [-0.2, -0.15) is 0 Å². The molecule has 3 aromatic rings. The van der Waals surface area contributed by atoms with Gasteiger partial charge in [0.05, 0.1) is 5.41 Å². The van der Waals surface area contributed by atoms with Crippen molar-refractivity contribution in [3.8, 4) is 0 Å². The van der Waals surface area contributed by atoms with Crippen LogP contribution < -0.4 is 10.2 Å². The standard InChI is InChI=1S/C30H37N3O/c1-24-15-16-25(2)28(23-24)33-21-19-32(20-22-33)18-10-17-31-29(34)30(3,26-11-6-4-7-12-26)27-13-8-5-9-14-27/h4-9,11-16,23H,10,17-22H2,1-3H3,(H,31,34). The fourth-order valence-electron chi connectivity index (χ4n) is 4.93. The number of carbonyl (C=O) groups excluding carboxylic acids is 1. The molecule has 0 atom stereocenters. The molecule has 0 aliphatic carbocycles. The van der Waals surface area contributed by atoms with Gasteiger partial charge in [-0.25, -0.2) is 0 Å². The zero-order valence-corrected chi connectivity index (χ0v) is 20.8. The van der Waals surface area contributed by atoms with Gasteiger partial charge in [0.25, 0.3) is 0 Å². The lowest BCUT2D eigenvalue weighted by Crippen LogP contribution is -2.48. The number of hydrogen-bond donors (Lipinski definition) is 1. The van der Waals surface area contributed by atoms with Crippen molar-refractivity contribution in [2.45, 2.75) is 32.6 Å². The predicted octanol–water partition coefficient (Wildman–Crippen LogP) is 4.94. The topological polar surface area (TPSA) is 35.6 Å². The van der Waals surface area contributed by atoms with E-state index in [-0.39, 0.29) is 5.91 Å². The van der Waals surface area contributed by atoms with Crippen LogP contribution in [0.5, 0.6) is 0 Å². The molecule has 1 heterocycles. The maximum Gasteiger partial charge on any atom is 0.234 e. The summed E-state index contributed by atoms with van der Waals surface area (Å²) in [4.78, 5) is 18.5. The minimum Gasteiger partial charge on any atom is -0.369 e. The molecule has 0 unspecified atom stereocenters. The summed E-state index contributed by atoms with van der Waals surface area (Å²) in [5.41, 5.74) is 5.36. The maximum absolute atomic E-state index is 13.4. The van der Waals surface area contributed by atoms with Crippen LogP contribution in [-0.2, 0) is 10.2 Å². The van der Waals surface area contributed by atoms with Gasteiger partial charge in [0.2, 0.25) is 5.91 Å². The van der Waals surface area contributed by atoms with Crippen LogP contribution >= 0.6 is 0 Å². The number of carbonyl (C=O) groups is 1. The molecule has 3 aromatic carbocycles. The predicted molar refractivity (Wildman–Crippen MR) is 142 cm³/mol. The third-order valence-corrected chi connectivity index (χ3v) is 7.17. The van der Waals surface area contributed by atoms with Crippen LogP contribution in [0.3, 0.4) is 0 Å². The Kier molecular flexibility index (Phi) is 7.69.